The molecule has 20 heavy (non-hydrogen) atoms. The zero-order valence-electron chi connectivity index (χ0n) is 13.5. The first-order valence-corrected chi connectivity index (χ1v) is 7.94. The molecular formula is C17H29N3. The fourth-order valence-electron chi connectivity index (χ4n) is 2.96. The second kappa shape index (κ2) is 6.57. The van der Waals surface area contributed by atoms with E-state index in [4.69, 9.17) is 4.98 Å². The SMILES string of the molecule is CCCNCc1ccc(N2CCCC(C)(C)C2)nc1C. The van der Waals surface area contributed by atoms with Crippen molar-refractivity contribution < 1.29 is 0 Å². The number of hydrogen-bond acceptors (Lipinski definition) is 3. The minimum atomic E-state index is 0.412. The molecule has 0 bridgehead atoms. The van der Waals surface area contributed by atoms with Gasteiger partial charge in [0, 0.05) is 25.3 Å². The highest BCUT2D eigenvalue weighted by Crippen LogP contribution is 2.31. The molecule has 1 aromatic rings. The third kappa shape index (κ3) is 3.95. The highest BCUT2D eigenvalue weighted by molar-refractivity contribution is 5.42. The Balaban J connectivity index is 2.04. The summed E-state index contributed by atoms with van der Waals surface area (Å²) in [5, 5.41) is 3.45. The van der Waals surface area contributed by atoms with Crippen LogP contribution in [0, 0.1) is 12.3 Å². The molecule has 0 saturated carbocycles. The maximum atomic E-state index is 4.83. The van der Waals surface area contributed by atoms with E-state index in [0.717, 1.165) is 37.7 Å². The highest BCUT2D eigenvalue weighted by Gasteiger charge is 2.27. The van der Waals surface area contributed by atoms with Crippen molar-refractivity contribution in [2.45, 2.75) is 53.5 Å². The van der Waals surface area contributed by atoms with Gasteiger partial charge in [-0.3, -0.25) is 0 Å². The fourth-order valence-corrected chi connectivity index (χ4v) is 2.96. The summed E-state index contributed by atoms with van der Waals surface area (Å²) in [6.45, 7) is 13.3. The summed E-state index contributed by atoms with van der Waals surface area (Å²) >= 11 is 0. The Morgan fingerprint density at radius 3 is 2.80 bits per heavy atom. The predicted molar refractivity (Wildman–Crippen MR) is 86.2 cm³/mol. The summed E-state index contributed by atoms with van der Waals surface area (Å²) in [6, 6.07) is 4.43. The quantitative estimate of drug-likeness (QED) is 0.833. The van der Waals surface area contributed by atoms with Crippen LogP contribution in [-0.2, 0) is 6.54 Å². The lowest BCUT2D eigenvalue weighted by atomic mass is 9.84. The molecule has 2 heterocycles. The lowest BCUT2D eigenvalue weighted by Gasteiger charge is -2.38. The predicted octanol–water partition coefficient (Wildman–Crippen LogP) is 3.52. The molecule has 1 aromatic heterocycles. The van der Waals surface area contributed by atoms with E-state index in [-0.39, 0.29) is 0 Å². The molecule has 2 rings (SSSR count). The maximum absolute atomic E-state index is 4.83. The van der Waals surface area contributed by atoms with Crippen molar-refractivity contribution in [1.82, 2.24) is 10.3 Å². The summed E-state index contributed by atoms with van der Waals surface area (Å²) in [6.07, 6.45) is 3.77. The smallest absolute Gasteiger partial charge is 0.128 e. The van der Waals surface area contributed by atoms with Crippen LogP contribution in [0.3, 0.4) is 0 Å². The summed E-state index contributed by atoms with van der Waals surface area (Å²) in [5.41, 5.74) is 2.89. The molecule has 1 aliphatic rings. The van der Waals surface area contributed by atoms with Crippen LogP contribution in [0.25, 0.3) is 0 Å². The number of rotatable bonds is 5. The van der Waals surface area contributed by atoms with Gasteiger partial charge in [-0.1, -0.05) is 26.8 Å². The number of anilines is 1. The Morgan fingerprint density at radius 1 is 1.35 bits per heavy atom. The van der Waals surface area contributed by atoms with Gasteiger partial charge < -0.3 is 10.2 Å². The van der Waals surface area contributed by atoms with E-state index in [1.165, 1.54) is 24.8 Å². The van der Waals surface area contributed by atoms with Crippen LogP contribution in [0.15, 0.2) is 12.1 Å². The minimum absolute atomic E-state index is 0.412. The number of aryl methyl sites for hydroxylation is 1. The Bertz CT molecular complexity index is 440. The average Bonchev–Trinajstić information content (AvgIpc) is 2.39. The van der Waals surface area contributed by atoms with Crippen LogP contribution < -0.4 is 10.2 Å². The Morgan fingerprint density at radius 2 is 2.15 bits per heavy atom. The van der Waals surface area contributed by atoms with E-state index in [9.17, 15) is 0 Å². The van der Waals surface area contributed by atoms with Gasteiger partial charge in [-0.2, -0.15) is 0 Å². The van der Waals surface area contributed by atoms with Crippen molar-refractivity contribution in [2.75, 3.05) is 24.5 Å². The number of nitrogens with zero attached hydrogens (tertiary/aromatic N) is 2. The summed E-state index contributed by atoms with van der Waals surface area (Å²) in [4.78, 5) is 7.27. The summed E-state index contributed by atoms with van der Waals surface area (Å²) in [5.74, 6) is 1.15. The van der Waals surface area contributed by atoms with Crippen molar-refractivity contribution >= 4 is 5.82 Å². The van der Waals surface area contributed by atoms with Gasteiger partial charge in [-0.25, -0.2) is 4.98 Å². The third-order valence-electron chi connectivity index (χ3n) is 4.15. The maximum Gasteiger partial charge on any atom is 0.128 e. The molecule has 0 unspecified atom stereocenters. The van der Waals surface area contributed by atoms with E-state index in [1.54, 1.807) is 0 Å². The van der Waals surface area contributed by atoms with Crippen molar-refractivity contribution in [3.8, 4) is 0 Å². The van der Waals surface area contributed by atoms with Gasteiger partial charge in [-0.05, 0) is 49.8 Å². The van der Waals surface area contributed by atoms with E-state index in [2.05, 4.69) is 50.0 Å². The van der Waals surface area contributed by atoms with Gasteiger partial charge in [0.05, 0.1) is 0 Å². The van der Waals surface area contributed by atoms with Crippen LogP contribution in [0.4, 0.5) is 5.82 Å². The monoisotopic (exact) mass is 275 g/mol. The summed E-state index contributed by atoms with van der Waals surface area (Å²) < 4.78 is 0. The van der Waals surface area contributed by atoms with Crippen LogP contribution in [-0.4, -0.2) is 24.6 Å². The largest absolute Gasteiger partial charge is 0.356 e. The molecule has 1 aliphatic heterocycles. The number of aromatic nitrogens is 1. The molecule has 0 amide bonds. The van der Waals surface area contributed by atoms with Crippen LogP contribution in [0.1, 0.15) is 51.3 Å². The second-order valence-corrected chi connectivity index (χ2v) is 6.78. The third-order valence-corrected chi connectivity index (χ3v) is 4.15. The number of nitrogens with one attached hydrogen (secondary N) is 1. The number of hydrogen-bond donors (Lipinski definition) is 1. The molecule has 3 nitrogen and oxygen atoms in total. The molecular weight excluding hydrogens is 246 g/mol. The van der Waals surface area contributed by atoms with E-state index >= 15 is 0 Å². The van der Waals surface area contributed by atoms with Crippen LogP contribution >= 0.6 is 0 Å². The van der Waals surface area contributed by atoms with Crippen molar-refractivity contribution in [2.24, 2.45) is 5.41 Å². The fraction of sp³-hybridized carbons (Fsp3) is 0.706. The molecule has 0 radical (unpaired) electrons. The number of piperidine rings is 1. The van der Waals surface area contributed by atoms with Gasteiger partial charge in [0.1, 0.15) is 5.82 Å². The minimum Gasteiger partial charge on any atom is -0.356 e. The molecule has 0 aromatic carbocycles. The van der Waals surface area contributed by atoms with E-state index < -0.39 is 0 Å². The topological polar surface area (TPSA) is 28.2 Å². The number of pyridine rings is 1. The first-order valence-electron chi connectivity index (χ1n) is 7.94. The molecule has 1 saturated heterocycles. The Kier molecular flexibility index (Phi) is 5.03. The molecule has 1 N–H and O–H groups in total. The van der Waals surface area contributed by atoms with Gasteiger partial charge in [-0.15, -0.1) is 0 Å². The Hall–Kier alpha value is -1.09. The van der Waals surface area contributed by atoms with E-state index in [1.807, 2.05) is 0 Å². The van der Waals surface area contributed by atoms with E-state index in [0.29, 0.717) is 5.41 Å². The van der Waals surface area contributed by atoms with Gasteiger partial charge in [0.15, 0.2) is 0 Å². The summed E-state index contributed by atoms with van der Waals surface area (Å²) in [7, 11) is 0. The molecule has 112 valence electrons. The first-order chi connectivity index (χ1) is 9.52. The standard InChI is InChI=1S/C17H29N3/c1-5-10-18-12-15-7-8-16(19-14(15)2)20-11-6-9-17(3,4)13-20/h7-8,18H,5-6,9-13H2,1-4H3. The zero-order chi connectivity index (χ0) is 14.6. The average molecular weight is 275 g/mol. The van der Waals surface area contributed by atoms with Crippen molar-refractivity contribution in [1.29, 1.82) is 0 Å². The normalized spacial score (nSPS) is 18.3. The van der Waals surface area contributed by atoms with Crippen molar-refractivity contribution in [3.05, 3.63) is 23.4 Å². The van der Waals surface area contributed by atoms with Crippen molar-refractivity contribution in [3.63, 3.8) is 0 Å². The molecule has 3 heteroatoms. The Labute approximate surface area is 123 Å². The van der Waals surface area contributed by atoms with Gasteiger partial charge in [0.25, 0.3) is 0 Å². The van der Waals surface area contributed by atoms with Gasteiger partial charge >= 0.3 is 0 Å². The molecule has 0 spiro atoms. The second-order valence-electron chi connectivity index (χ2n) is 6.78. The highest BCUT2D eigenvalue weighted by atomic mass is 15.2. The van der Waals surface area contributed by atoms with Crippen LogP contribution in [0.5, 0.6) is 0 Å². The zero-order valence-corrected chi connectivity index (χ0v) is 13.5. The molecule has 0 aliphatic carbocycles. The lowest BCUT2D eigenvalue weighted by Crippen LogP contribution is -2.40. The molecule has 1 fully saturated rings. The van der Waals surface area contributed by atoms with Gasteiger partial charge in [0.2, 0.25) is 0 Å². The van der Waals surface area contributed by atoms with Crippen LogP contribution in [0.2, 0.25) is 0 Å². The lowest BCUT2D eigenvalue weighted by molar-refractivity contribution is 0.292. The first kappa shape index (κ1) is 15.3. The molecule has 0 atom stereocenters.